The SMILES string of the molecule is CCC(CC)(CO)NC(=O)C=Cc1cccc([N+](=O)[O-])c1. The summed E-state index contributed by atoms with van der Waals surface area (Å²) >= 11 is 0. The minimum atomic E-state index is -0.621. The molecule has 1 aromatic rings. The highest BCUT2D eigenvalue weighted by Crippen LogP contribution is 2.15. The molecule has 21 heavy (non-hydrogen) atoms. The summed E-state index contributed by atoms with van der Waals surface area (Å²) in [6.07, 6.45) is 4.07. The zero-order valence-corrected chi connectivity index (χ0v) is 12.2. The molecule has 1 rings (SSSR count). The fourth-order valence-electron chi connectivity index (χ4n) is 1.91. The van der Waals surface area contributed by atoms with Crippen molar-refractivity contribution < 1.29 is 14.8 Å². The lowest BCUT2D eigenvalue weighted by Gasteiger charge is -2.30. The average molecular weight is 292 g/mol. The van der Waals surface area contributed by atoms with Gasteiger partial charge in [-0.1, -0.05) is 26.0 Å². The first-order chi connectivity index (χ1) is 9.96. The van der Waals surface area contributed by atoms with Crippen molar-refractivity contribution in [2.75, 3.05) is 6.61 Å². The van der Waals surface area contributed by atoms with Crippen molar-refractivity contribution in [1.29, 1.82) is 0 Å². The molecular weight excluding hydrogens is 272 g/mol. The molecule has 0 aromatic heterocycles. The fraction of sp³-hybridized carbons (Fsp3) is 0.400. The van der Waals surface area contributed by atoms with E-state index in [1.54, 1.807) is 12.1 Å². The van der Waals surface area contributed by atoms with Crippen molar-refractivity contribution in [2.24, 2.45) is 0 Å². The second-order valence-electron chi connectivity index (χ2n) is 4.82. The molecule has 1 aromatic carbocycles. The van der Waals surface area contributed by atoms with Gasteiger partial charge in [-0.3, -0.25) is 14.9 Å². The van der Waals surface area contributed by atoms with Crippen molar-refractivity contribution in [1.82, 2.24) is 5.32 Å². The zero-order valence-electron chi connectivity index (χ0n) is 12.2. The number of non-ortho nitro benzene ring substituents is 1. The first-order valence-corrected chi connectivity index (χ1v) is 6.82. The third-order valence-corrected chi connectivity index (χ3v) is 3.55. The van der Waals surface area contributed by atoms with Crippen LogP contribution in [0.25, 0.3) is 6.08 Å². The number of carbonyl (C=O) groups excluding carboxylic acids is 1. The Bertz CT molecular complexity index is 528. The molecule has 0 heterocycles. The number of rotatable bonds is 7. The number of carbonyl (C=O) groups is 1. The van der Waals surface area contributed by atoms with Crippen molar-refractivity contribution >= 4 is 17.7 Å². The van der Waals surface area contributed by atoms with Gasteiger partial charge in [-0.2, -0.15) is 0 Å². The number of nitrogens with zero attached hydrogens (tertiary/aromatic N) is 1. The molecule has 6 heteroatoms. The second kappa shape index (κ2) is 7.54. The van der Waals surface area contributed by atoms with E-state index in [9.17, 15) is 20.0 Å². The van der Waals surface area contributed by atoms with Crippen LogP contribution in [0.5, 0.6) is 0 Å². The van der Waals surface area contributed by atoms with Gasteiger partial charge in [0.25, 0.3) is 5.69 Å². The summed E-state index contributed by atoms with van der Waals surface area (Å²) in [4.78, 5) is 22.1. The van der Waals surface area contributed by atoms with Crippen LogP contribution in [0.3, 0.4) is 0 Å². The van der Waals surface area contributed by atoms with Gasteiger partial charge < -0.3 is 10.4 Å². The maximum Gasteiger partial charge on any atom is 0.270 e. The summed E-state index contributed by atoms with van der Waals surface area (Å²) in [5, 5.41) is 22.8. The van der Waals surface area contributed by atoms with E-state index in [4.69, 9.17) is 0 Å². The molecule has 1 amide bonds. The maximum absolute atomic E-state index is 11.9. The van der Waals surface area contributed by atoms with Gasteiger partial charge in [0.1, 0.15) is 0 Å². The molecule has 0 fully saturated rings. The highest BCUT2D eigenvalue weighted by atomic mass is 16.6. The molecule has 0 atom stereocenters. The molecule has 0 unspecified atom stereocenters. The van der Waals surface area contributed by atoms with E-state index in [0.29, 0.717) is 18.4 Å². The average Bonchev–Trinajstić information content (AvgIpc) is 2.51. The first-order valence-electron chi connectivity index (χ1n) is 6.82. The minimum Gasteiger partial charge on any atom is -0.394 e. The Morgan fingerprint density at radius 2 is 2.10 bits per heavy atom. The normalized spacial score (nSPS) is 11.6. The van der Waals surface area contributed by atoms with Gasteiger partial charge in [0.15, 0.2) is 0 Å². The van der Waals surface area contributed by atoms with E-state index in [1.807, 2.05) is 13.8 Å². The number of hydrogen-bond acceptors (Lipinski definition) is 4. The van der Waals surface area contributed by atoms with Crippen LogP contribution in [-0.4, -0.2) is 28.1 Å². The minimum absolute atomic E-state index is 0.0237. The first kappa shape index (κ1) is 16.8. The number of nitrogens with one attached hydrogen (secondary N) is 1. The number of hydrogen-bond donors (Lipinski definition) is 2. The van der Waals surface area contributed by atoms with E-state index in [0.717, 1.165) is 0 Å². The number of nitro groups is 1. The van der Waals surface area contributed by atoms with Gasteiger partial charge in [-0.05, 0) is 24.5 Å². The van der Waals surface area contributed by atoms with Crippen LogP contribution in [-0.2, 0) is 4.79 Å². The molecular formula is C15H20N2O4. The van der Waals surface area contributed by atoms with Gasteiger partial charge in [0, 0.05) is 18.2 Å². The maximum atomic E-state index is 11.9. The second-order valence-corrected chi connectivity index (χ2v) is 4.82. The Morgan fingerprint density at radius 1 is 1.43 bits per heavy atom. The third kappa shape index (κ3) is 4.68. The number of amides is 1. The van der Waals surface area contributed by atoms with Gasteiger partial charge >= 0.3 is 0 Å². The fourth-order valence-corrected chi connectivity index (χ4v) is 1.91. The summed E-state index contributed by atoms with van der Waals surface area (Å²) < 4.78 is 0. The van der Waals surface area contributed by atoms with Crippen LogP contribution in [0.2, 0.25) is 0 Å². The van der Waals surface area contributed by atoms with Gasteiger partial charge in [0.05, 0.1) is 17.1 Å². The number of aliphatic hydroxyl groups is 1. The molecule has 0 spiro atoms. The van der Waals surface area contributed by atoms with Crippen molar-refractivity contribution in [3.8, 4) is 0 Å². The summed E-state index contributed by atoms with van der Waals surface area (Å²) in [5.74, 6) is -0.334. The number of nitro benzene ring substituents is 1. The Hall–Kier alpha value is -2.21. The summed E-state index contributed by atoms with van der Waals surface area (Å²) in [5.41, 5.74) is -0.0734. The Morgan fingerprint density at radius 3 is 2.62 bits per heavy atom. The van der Waals surface area contributed by atoms with Crippen LogP contribution in [0.4, 0.5) is 5.69 Å². The molecule has 0 saturated heterocycles. The lowest BCUT2D eigenvalue weighted by molar-refractivity contribution is -0.384. The zero-order chi connectivity index (χ0) is 15.9. The molecule has 0 saturated carbocycles. The monoisotopic (exact) mass is 292 g/mol. The summed E-state index contributed by atoms with van der Waals surface area (Å²) in [7, 11) is 0. The summed E-state index contributed by atoms with van der Waals surface area (Å²) in [6.45, 7) is 3.66. The van der Waals surface area contributed by atoms with E-state index in [2.05, 4.69) is 5.32 Å². The number of benzene rings is 1. The van der Waals surface area contributed by atoms with Gasteiger partial charge in [-0.25, -0.2) is 0 Å². The molecule has 6 nitrogen and oxygen atoms in total. The van der Waals surface area contributed by atoms with E-state index >= 15 is 0 Å². The standard InChI is InChI=1S/C15H20N2O4/c1-3-15(4-2,11-18)16-14(19)9-8-12-6-5-7-13(10-12)17(20)21/h5-10,18H,3-4,11H2,1-2H3,(H,16,19). The molecule has 0 aliphatic carbocycles. The molecule has 0 aliphatic rings. The molecule has 0 aliphatic heterocycles. The predicted octanol–water partition coefficient (Wildman–Crippen LogP) is 2.28. The topological polar surface area (TPSA) is 92.5 Å². The van der Waals surface area contributed by atoms with Crippen LogP contribution >= 0.6 is 0 Å². The van der Waals surface area contributed by atoms with Crippen molar-refractivity contribution in [2.45, 2.75) is 32.2 Å². The van der Waals surface area contributed by atoms with Crippen LogP contribution in [0, 0.1) is 10.1 Å². The van der Waals surface area contributed by atoms with Crippen LogP contribution in [0.1, 0.15) is 32.3 Å². The third-order valence-electron chi connectivity index (χ3n) is 3.55. The Labute approximate surface area is 123 Å². The molecule has 2 N–H and O–H groups in total. The quantitative estimate of drug-likeness (QED) is 0.458. The highest BCUT2D eigenvalue weighted by molar-refractivity contribution is 5.92. The highest BCUT2D eigenvalue weighted by Gasteiger charge is 2.26. The Balaban J connectivity index is 2.78. The summed E-state index contributed by atoms with van der Waals surface area (Å²) in [6, 6.07) is 6.02. The van der Waals surface area contributed by atoms with E-state index in [1.165, 1.54) is 24.3 Å². The van der Waals surface area contributed by atoms with Crippen LogP contribution < -0.4 is 5.32 Å². The lowest BCUT2D eigenvalue weighted by Crippen LogP contribution is -2.49. The van der Waals surface area contributed by atoms with Gasteiger partial charge in [-0.15, -0.1) is 0 Å². The largest absolute Gasteiger partial charge is 0.394 e. The van der Waals surface area contributed by atoms with Crippen molar-refractivity contribution in [3.05, 3.63) is 46.0 Å². The lowest BCUT2D eigenvalue weighted by atomic mass is 9.94. The smallest absolute Gasteiger partial charge is 0.270 e. The van der Waals surface area contributed by atoms with Crippen LogP contribution in [0.15, 0.2) is 30.3 Å². The number of aliphatic hydroxyl groups excluding tert-OH is 1. The Kier molecular flexibility index (Phi) is 6.05. The van der Waals surface area contributed by atoms with E-state index in [-0.39, 0.29) is 18.2 Å². The van der Waals surface area contributed by atoms with Crippen molar-refractivity contribution in [3.63, 3.8) is 0 Å². The molecule has 0 radical (unpaired) electrons. The molecule has 114 valence electrons. The molecule has 0 bridgehead atoms. The predicted molar refractivity (Wildman–Crippen MR) is 80.7 cm³/mol. The van der Waals surface area contributed by atoms with Gasteiger partial charge in [0.2, 0.25) is 5.91 Å². The van der Waals surface area contributed by atoms with E-state index < -0.39 is 10.5 Å².